The summed E-state index contributed by atoms with van der Waals surface area (Å²) in [5.74, 6) is 0.571. The van der Waals surface area contributed by atoms with Crippen molar-refractivity contribution in [2.45, 2.75) is 0 Å². The molecule has 0 atom stereocenters. The van der Waals surface area contributed by atoms with E-state index >= 15 is 0 Å². The van der Waals surface area contributed by atoms with E-state index in [-0.39, 0.29) is 17.4 Å². The van der Waals surface area contributed by atoms with Gasteiger partial charge >= 0.3 is 56.5 Å². The third-order valence-electron chi connectivity index (χ3n) is 0.406. The third-order valence-corrected chi connectivity index (χ3v) is 0.656. The Balaban J connectivity index is -0.0000000223. The van der Waals surface area contributed by atoms with E-state index in [2.05, 4.69) is 44.5 Å². The van der Waals surface area contributed by atoms with Gasteiger partial charge in [-0.1, -0.05) is 5.92 Å². The second kappa shape index (κ2) is 96.8. The molecule has 19 heavy (non-hydrogen) atoms. The van der Waals surface area contributed by atoms with Gasteiger partial charge in [0.25, 0.3) is 5.16 Å². The third kappa shape index (κ3) is 84.5. The van der Waals surface area contributed by atoms with Crippen molar-refractivity contribution in [2.24, 2.45) is 0 Å². The Morgan fingerprint density at radius 2 is 1.16 bits per heavy atom. The summed E-state index contributed by atoms with van der Waals surface area (Å²) in [5.41, 5.74) is 0. The molecule has 0 N–H and O–H groups in total. The summed E-state index contributed by atoms with van der Waals surface area (Å²) in [6.07, 6.45) is 4.54. The molecule has 0 aliphatic rings. The normalized spacial score (nSPS) is 5.16. The maximum absolute atomic E-state index is 11.8. The van der Waals surface area contributed by atoms with Gasteiger partial charge in [0.15, 0.2) is 5.83 Å². The van der Waals surface area contributed by atoms with Crippen LogP contribution >= 0.6 is 11.6 Å². The molecule has 0 radical (unpaired) electrons. The number of nitrogens with zero attached hydrogens (tertiary/aromatic N) is 1. The largest absolute Gasteiger partial charge is 0 e. The molecule has 0 fully saturated rings. The van der Waals surface area contributed by atoms with Crippen LogP contribution in [0.25, 0.3) is 4.85 Å². The molecule has 0 aromatic rings. The summed E-state index contributed by atoms with van der Waals surface area (Å²) in [5, 5.41) is -0.590. The Morgan fingerprint density at radius 3 is 1.21 bits per heavy atom. The summed E-state index contributed by atoms with van der Waals surface area (Å²) in [4.78, 5) is 2.54. The predicted octanol–water partition coefficient (Wildman–Crippen LogP) is 1.73. The van der Waals surface area contributed by atoms with Gasteiger partial charge in [0.2, 0.25) is 0 Å². The fraction of sp³-hybridized carbons (Fsp3) is 0. The van der Waals surface area contributed by atoms with E-state index < -0.39 is 11.0 Å². The molecule has 0 saturated carbocycles. The molecule has 0 aliphatic heterocycles. The first-order valence-electron chi connectivity index (χ1n) is 2.63. The van der Waals surface area contributed by atoms with Gasteiger partial charge in [-0.3, -0.25) is 0 Å². The van der Waals surface area contributed by atoms with Crippen LogP contribution in [0, 0.1) is 52.2 Å². The van der Waals surface area contributed by atoms with Gasteiger partial charge in [0, 0.05) is 17.4 Å². The Hall–Kier alpha value is -1.76. The summed E-state index contributed by atoms with van der Waals surface area (Å²) < 4.78 is 49.3. The van der Waals surface area contributed by atoms with E-state index in [1.165, 1.54) is 0 Å². The molecular formula is C10HClCrFNO5. The zero-order valence-corrected chi connectivity index (χ0v) is 10.8. The van der Waals surface area contributed by atoms with Crippen molar-refractivity contribution in [1.82, 2.24) is 0 Å². The fourth-order valence-electron chi connectivity index (χ4n) is 0.109. The van der Waals surface area contributed by atoms with Crippen molar-refractivity contribution in [2.75, 3.05) is 0 Å². The van der Waals surface area contributed by atoms with Crippen molar-refractivity contribution in [3.05, 3.63) is 55.7 Å². The number of halogens is 2. The quantitative estimate of drug-likeness (QED) is 0.280. The zero-order chi connectivity index (χ0) is 16.6. The maximum atomic E-state index is 11.8. The number of terminal acetylenes is 1. The second-order valence-corrected chi connectivity index (χ2v) is 1.22. The van der Waals surface area contributed by atoms with E-state index in [9.17, 15) is 4.39 Å². The zero-order valence-electron chi connectivity index (χ0n) is 8.73. The van der Waals surface area contributed by atoms with Crippen LogP contribution in [0.5, 0.6) is 0 Å². The van der Waals surface area contributed by atoms with Crippen molar-refractivity contribution in [3.8, 4) is 12.3 Å². The van der Waals surface area contributed by atoms with Crippen LogP contribution in [0.3, 0.4) is 0 Å². The standard InChI is InChI=1S/C5HClFN.5CO.Cr/c1-3-4(7)5(6)8-2;5*1-2;/h1H;;;;;;/b5-4+;;;;;;. The molecule has 0 saturated heterocycles. The van der Waals surface area contributed by atoms with Crippen LogP contribution in [0.2, 0.25) is 0 Å². The molecule has 0 aromatic heterocycles. The Kier molecular flexibility index (Phi) is 221. The van der Waals surface area contributed by atoms with Gasteiger partial charge in [0.1, 0.15) is 0 Å². The second-order valence-electron chi connectivity index (χ2n) is 0.861. The molecule has 96 valence electrons. The molecule has 0 heterocycles. The minimum absolute atomic E-state index is 0. The smallest absolute Gasteiger partial charge is 0 e. The monoisotopic (exact) mass is 321 g/mol. The van der Waals surface area contributed by atoms with Crippen LogP contribution in [-0.4, -0.2) is 0 Å². The molecule has 0 aliphatic carbocycles. The molecular weight excluding hydrogens is 321 g/mol. The summed E-state index contributed by atoms with van der Waals surface area (Å²) >= 11 is 4.92. The van der Waals surface area contributed by atoms with E-state index in [0.29, 0.717) is 0 Å². The van der Waals surface area contributed by atoms with E-state index in [0.717, 1.165) is 0 Å². The SMILES string of the molecule is [C-]#[N+]/C(Cl)=C(/F)C#C.[C-]#[O+].[C-]#[O+].[C-]#[O+].[C-]#[O+].[C-]#[O+].[Cr]. The molecule has 0 spiro atoms. The average Bonchev–Trinajstić information content (AvgIpc) is 2.55. The number of hydrogen-bond donors (Lipinski definition) is 0. The van der Waals surface area contributed by atoms with Gasteiger partial charge in [-0.25, -0.2) is 9.24 Å². The van der Waals surface area contributed by atoms with Crippen molar-refractivity contribution < 1.29 is 45.0 Å². The van der Waals surface area contributed by atoms with Gasteiger partial charge in [-0.15, -0.1) is 18.0 Å². The van der Waals surface area contributed by atoms with E-state index in [1.807, 2.05) is 0 Å². The summed E-state index contributed by atoms with van der Waals surface area (Å²) in [7, 11) is 0. The molecule has 0 rings (SSSR count). The van der Waals surface area contributed by atoms with Gasteiger partial charge in [0.05, 0.1) is 6.57 Å². The number of rotatable bonds is 0. The summed E-state index contributed by atoms with van der Waals surface area (Å²) in [6, 6.07) is 0. The van der Waals surface area contributed by atoms with E-state index in [4.69, 9.17) is 41.4 Å². The van der Waals surface area contributed by atoms with Gasteiger partial charge in [-0.05, 0) is 0 Å². The molecule has 0 amide bonds. The number of allylic oxidation sites excluding steroid dienone is 1. The number of hydrogen-bond acceptors (Lipinski definition) is 0. The molecule has 0 bridgehead atoms. The van der Waals surface area contributed by atoms with Crippen LogP contribution in [-0.2, 0) is 40.6 Å². The average molecular weight is 322 g/mol. The fourth-order valence-corrected chi connectivity index (χ4v) is 0.163. The van der Waals surface area contributed by atoms with Crippen LogP contribution in [0.15, 0.2) is 11.0 Å². The van der Waals surface area contributed by atoms with E-state index in [1.54, 1.807) is 5.92 Å². The van der Waals surface area contributed by atoms with Crippen LogP contribution in [0.4, 0.5) is 4.39 Å². The molecule has 9 heteroatoms. The Morgan fingerprint density at radius 1 is 0.947 bits per heavy atom. The van der Waals surface area contributed by atoms with Gasteiger partial charge < -0.3 is 0 Å². The van der Waals surface area contributed by atoms with Crippen LogP contribution in [0.1, 0.15) is 0 Å². The minimum atomic E-state index is -1.01. The molecule has 6 nitrogen and oxygen atoms in total. The molecule has 0 aromatic carbocycles. The topological polar surface area (TPSA) is 104 Å². The predicted molar refractivity (Wildman–Crippen MR) is 49.1 cm³/mol. The first-order chi connectivity index (χ1) is 8.72. The first-order valence-corrected chi connectivity index (χ1v) is 3.01. The van der Waals surface area contributed by atoms with Gasteiger partial charge in [-0.2, -0.15) is 0 Å². The van der Waals surface area contributed by atoms with Crippen LogP contribution < -0.4 is 0 Å². The molecule has 0 unspecified atom stereocenters. The van der Waals surface area contributed by atoms with Crippen molar-refractivity contribution in [3.63, 3.8) is 0 Å². The Labute approximate surface area is 125 Å². The minimum Gasteiger partial charge on any atom is 0 e. The summed E-state index contributed by atoms with van der Waals surface area (Å²) in [6.45, 7) is 28.6. The maximum Gasteiger partial charge on any atom is 0 e. The Bertz CT molecular complexity index is 327. The first kappa shape index (κ1) is 43.4. The van der Waals surface area contributed by atoms with Crippen molar-refractivity contribution >= 4 is 11.6 Å². The van der Waals surface area contributed by atoms with Crippen molar-refractivity contribution in [1.29, 1.82) is 0 Å².